The molecule has 0 N–H and O–H groups in total. The molecule has 2 aromatic rings. The Bertz CT molecular complexity index is 596. The molecule has 0 aromatic heterocycles. The van der Waals surface area contributed by atoms with E-state index in [4.69, 9.17) is 11.6 Å². The summed E-state index contributed by atoms with van der Waals surface area (Å²) < 4.78 is 14.5. The highest BCUT2D eigenvalue weighted by atomic mass is 79.9. The Morgan fingerprint density at radius 2 is 1.79 bits per heavy atom. The molecule has 0 spiro atoms. The first-order valence-electron chi connectivity index (χ1n) is 5.74. The number of ketones is 1. The van der Waals surface area contributed by atoms with E-state index in [0.29, 0.717) is 17.0 Å². The van der Waals surface area contributed by atoms with Crippen molar-refractivity contribution in [1.82, 2.24) is 0 Å². The highest BCUT2D eigenvalue weighted by molar-refractivity contribution is 9.10. The van der Waals surface area contributed by atoms with Gasteiger partial charge in [-0.05, 0) is 35.4 Å². The molecule has 0 amide bonds. The van der Waals surface area contributed by atoms with Crippen LogP contribution in [-0.2, 0) is 17.6 Å². The van der Waals surface area contributed by atoms with Crippen molar-refractivity contribution in [3.63, 3.8) is 0 Å². The van der Waals surface area contributed by atoms with Crippen LogP contribution in [0.3, 0.4) is 0 Å². The number of benzene rings is 2. The predicted octanol–water partition coefficient (Wildman–Crippen LogP) is 4.60. The van der Waals surface area contributed by atoms with Gasteiger partial charge in [0.25, 0.3) is 0 Å². The van der Waals surface area contributed by atoms with Crippen LogP contribution in [0.1, 0.15) is 11.1 Å². The number of carbonyl (C=O) groups excluding carboxylic acids is 1. The molecule has 2 rings (SSSR count). The lowest BCUT2D eigenvalue weighted by Crippen LogP contribution is -2.07. The van der Waals surface area contributed by atoms with Crippen molar-refractivity contribution in [3.8, 4) is 0 Å². The molecular weight excluding hydrogens is 331 g/mol. The monoisotopic (exact) mass is 340 g/mol. The van der Waals surface area contributed by atoms with Crippen molar-refractivity contribution in [1.29, 1.82) is 0 Å². The van der Waals surface area contributed by atoms with E-state index in [2.05, 4.69) is 15.9 Å². The second kappa shape index (κ2) is 6.31. The second-order valence-corrected chi connectivity index (χ2v) is 5.61. The lowest BCUT2D eigenvalue weighted by atomic mass is 10.0. The standard InChI is InChI=1S/C15H11BrClFO/c16-12-4-1-10(2-5-12)7-14(19)8-11-3-6-13(17)9-15(11)18/h1-6,9H,7-8H2. The van der Waals surface area contributed by atoms with Gasteiger partial charge < -0.3 is 0 Å². The molecule has 0 unspecified atom stereocenters. The lowest BCUT2D eigenvalue weighted by molar-refractivity contribution is -0.117. The van der Waals surface area contributed by atoms with Crippen LogP contribution in [-0.4, -0.2) is 5.78 Å². The number of rotatable bonds is 4. The van der Waals surface area contributed by atoms with Crippen molar-refractivity contribution >= 4 is 33.3 Å². The van der Waals surface area contributed by atoms with Gasteiger partial charge in [-0.1, -0.05) is 45.7 Å². The van der Waals surface area contributed by atoms with E-state index in [-0.39, 0.29) is 12.2 Å². The molecule has 4 heteroatoms. The van der Waals surface area contributed by atoms with E-state index < -0.39 is 5.82 Å². The second-order valence-electron chi connectivity index (χ2n) is 4.25. The van der Waals surface area contributed by atoms with E-state index in [9.17, 15) is 9.18 Å². The van der Waals surface area contributed by atoms with Gasteiger partial charge in [0.1, 0.15) is 11.6 Å². The van der Waals surface area contributed by atoms with Crippen LogP contribution in [0.5, 0.6) is 0 Å². The van der Waals surface area contributed by atoms with Gasteiger partial charge in [-0.25, -0.2) is 4.39 Å². The van der Waals surface area contributed by atoms with Gasteiger partial charge >= 0.3 is 0 Å². The minimum atomic E-state index is -0.434. The van der Waals surface area contributed by atoms with Gasteiger partial charge in [0.2, 0.25) is 0 Å². The zero-order chi connectivity index (χ0) is 13.8. The van der Waals surface area contributed by atoms with Crippen LogP contribution in [0.2, 0.25) is 5.02 Å². The summed E-state index contributed by atoms with van der Waals surface area (Å²) in [6.45, 7) is 0. The van der Waals surface area contributed by atoms with Crippen LogP contribution in [0, 0.1) is 5.82 Å². The van der Waals surface area contributed by atoms with E-state index >= 15 is 0 Å². The molecular formula is C15H11BrClFO. The van der Waals surface area contributed by atoms with Gasteiger partial charge in [0.05, 0.1) is 0 Å². The SMILES string of the molecule is O=C(Cc1ccc(Br)cc1)Cc1ccc(Cl)cc1F. The smallest absolute Gasteiger partial charge is 0.141 e. The first kappa shape index (κ1) is 14.2. The third-order valence-corrected chi connectivity index (χ3v) is 3.48. The number of hydrogen-bond donors (Lipinski definition) is 0. The predicted molar refractivity (Wildman–Crippen MR) is 78.0 cm³/mol. The number of carbonyl (C=O) groups is 1. The number of Topliss-reactive ketones (excluding diaryl/α,β-unsaturated/α-hetero) is 1. The molecule has 2 aromatic carbocycles. The number of halogens is 3. The Morgan fingerprint density at radius 1 is 1.11 bits per heavy atom. The lowest BCUT2D eigenvalue weighted by Gasteiger charge is -2.04. The summed E-state index contributed by atoms with van der Waals surface area (Å²) >= 11 is 9.00. The van der Waals surface area contributed by atoms with Crippen LogP contribution < -0.4 is 0 Å². The third-order valence-electron chi connectivity index (χ3n) is 2.72. The Kier molecular flexibility index (Phi) is 4.72. The summed E-state index contributed by atoms with van der Waals surface area (Å²) in [7, 11) is 0. The summed E-state index contributed by atoms with van der Waals surface area (Å²) in [6.07, 6.45) is 0.383. The van der Waals surface area contributed by atoms with Gasteiger partial charge in [-0.15, -0.1) is 0 Å². The Balaban J connectivity index is 2.03. The van der Waals surface area contributed by atoms with Crippen LogP contribution in [0.15, 0.2) is 46.9 Å². The van der Waals surface area contributed by atoms with Crippen LogP contribution in [0.25, 0.3) is 0 Å². The highest BCUT2D eigenvalue weighted by Gasteiger charge is 2.09. The van der Waals surface area contributed by atoms with Crippen molar-refractivity contribution in [2.75, 3.05) is 0 Å². The molecule has 0 bridgehead atoms. The summed E-state index contributed by atoms with van der Waals surface area (Å²) in [5.41, 5.74) is 1.30. The molecule has 98 valence electrons. The molecule has 0 saturated carbocycles. The maximum Gasteiger partial charge on any atom is 0.141 e. The van der Waals surface area contributed by atoms with Gasteiger partial charge in [0.15, 0.2) is 0 Å². The molecule has 0 radical (unpaired) electrons. The Hall–Kier alpha value is -1.19. The van der Waals surface area contributed by atoms with Crippen molar-refractivity contribution < 1.29 is 9.18 Å². The molecule has 1 nitrogen and oxygen atoms in total. The fourth-order valence-corrected chi connectivity index (χ4v) is 2.19. The minimum absolute atomic E-state index is 0.0245. The van der Waals surface area contributed by atoms with E-state index in [1.807, 2.05) is 24.3 Å². The van der Waals surface area contributed by atoms with E-state index in [1.165, 1.54) is 6.07 Å². The first-order valence-corrected chi connectivity index (χ1v) is 6.92. The molecule has 0 saturated heterocycles. The summed E-state index contributed by atoms with van der Waals surface area (Å²) in [5, 5.41) is 0.335. The fourth-order valence-electron chi connectivity index (χ4n) is 1.77. The normalized spacial score (nSPS) is 10.5. The maximum absolute atomic E-state index is 13.6. The zero-order valence-electron chi connectivity index (χ0n) is 10.00. The van der Waals surface area contributed by atoms with Crippen molar-refractivity contribution in [2.24, 2.45) is 0 Å². The fraction of sp³-hybridized carbons (Fsp3) is 0.133. The quantitative estimate of drug-likeness (QED) is 0.794. The number of hydrogen-bond acceptors (Lipinski definition) is 1. The topological polar surface area (TPSA) is 17.1 Å². The van der Waals surface area contributed by atoms with Crippen LogP contribution >= 0.6 is 27.5 Å². The average molecular weight is 342 g/mol. The summed E-state index contributed by atoms with van der Waals surface area (Å²) in [6, 6.07) is 11.9. The molecule has 0 atom stereocenters. The highest BCUT2D eigenvalue weighted by Crippen LogP contribution is 2.16. The third kappa shape index (κ3) is 4.15. The molecule has 0 heterocycles. The van der Waals surface area contributed by atoms with Gasteiger partial charge in [-0.2, -0.15) is 0 Å². The van der Waals surface area contributed by atoms with Crippen LogP contribution in [0.4, 0.5) is 4.39 Å². The summed E-state index contributed by atoms with van der Waals surface area (Å²) in [4.78, 5) is 11.9. The average Bonchev–Trinajstić information content (AvgIpc) is 2.36. The summed E-state index contributed by atoms with van der Waals surface area (Å²) in [5.74, 6) is -0.458. The molecule has 19 heavy (non-hydrogen) atoms. The Labute approximate surface area is 124 Å². The van der Waals surface area contributed by atoms with Gasteiger partial charge in [-0.3, -0.25) is 4.79 Å². The minimum Gasteiger partial charge on any atom is -0.299 e. The first-order chi connectivity index (χ1) is 9.04. The molecule has 0 aliphatic heterocycles. The van der Waals surface area contributed by atoms with Crippen molar-refractivity contribution in [3.05, 3.63) is 68.9 Å². The molecule has 0 fully saturated rings. The largest absolute Gasteiger partial charge is 0.299 e. The molecule has 0 aliphatic rings. The maximum atomic E-state index is 13.6. The zero-order valence-corrected chi connectivity index (χ0v) is 12.3. The molecule has 0 aliphatic carbocycles. The van der Waals surface area contributed by atoms with Gasteiger partial charge in [0, 0.05) is 22.3 Å². The van der Waals surface area contributed by atoms with E-state index in [1.54, 1.807) is 12.1 Å². The Morgan fingerprint density at radius 3 is 2.42 bits per heavy atom. The van der Waals surface area contributed by atoms with Crippen molar-refractivity contribution in [2.45, 2.75) is 12.8 Å². The van der Waals surface area contributed by atoms with E-state index in [0.717, 1.165) is 10.0 Å².